The minimum Gasteiger partial charge on any atom is -0.342 e. The molecule has 2 aliphatic rings. The minimum absolute atomic E-state index is 0.0709. The second-order valence-corrected chi connectivity index (χ2v) is 7.19. The molecule has 2 heterocycles. The van der Waals surface area contributed by atoms with Crippen LogP contribution in [0, 0.1) is 12.8 Å². The van der Waals surface area contributed by atoms with Crippen LogP contribution in [-0.4, -0.2) is 44.6 Å². The van der Waals surface area contributed by atoms with E-state index < -0.39 is 5.54 Å². The van der Waals surface area contributed by atoms with E-state index in [1.807, 2.05) is 35.8 Å². The van der Waals surface area contributed by atoms with Gasteiger partial charge in [0.05, 0.1) is 18.8 Å². The number of hydrogen-bond acceptors (Lipinski definition) is 3. The maximum atomic E-state index is 13.2. The van der Waals surface area contributed by atoms with Gasteiger partial charge in [-0.2, -0.15) is 5.10 Å². The number of likely N-dealkylation sites (tertiary alicyclic amines) is 1. The monoisotopic (exact) mass is 318 g/mol. The molecule has 23 heavy (non-hydrogen) atoms. The van der Waals surface area contributed by atoms with Gasteiger partial charge in [0, 0.05) is 19.7 Å². The molecule has 1 saturated carbocycles. The minimum atomic E-state index is -0.755. The molecule has 0 spiro atoms. The van der Waals surface area contributed by atoms with Gasteiger partial charge in [0.2, 0.25) is 11.8 Å². The van der Waals surface area contributed by atoms with E-state index in [1.54, 1.807) is 0 Å². The average molecular weight is 318 g/mol. The van der Waals surface area contributed by atoms with Gasteiger partial charge in [0.25, 0.3) is 0 Å². The maximum Gasteiger partial charge on any atom is 0.248 e. The highest BCUT2D eigenvalue weighted by Crippen LogP contribution is 2.41. The molecule has 0 aromatic carbocycles. The normalized spacial score (nSPS) is 23.6. The van der Waals surface area contributed by atoms with Crippen LogP contribution in [0.15, 0.2) is 12.4 Å². The summed E-state index contributed by atoms with van der Waals surface area (Å²) in [5.74, 6) is 0.208. The first-order valence-electron chi connectivity index (χ1n) is 8.49. The lowest BCUT2D eigenvalue weighted by molar-refractivity contribution is -0.142. The van der Waals surface area contributed by atoms with Crippen LogP contribution in [0.1, 0.15) is 45.1 Å². The van der Waals surface area contributed by atoms with Gasteiger partial charge in [0.1, 0.15) is 5.54 Å². The molecule has 1 aromatic rings. The Kier molecular flexibility index (Phi) is 4.17. The molecule has 0 unspecified atom stereocenters. The lowest BCUT2D eigenvalue weighted by Crippen LogP contribution is -2.60. The van der Waals surface area contributed by atoms with Crippen LogP contribution in [0.3, 0.4) is 0 Å². The summed E-state index contributed by atoms with van der Waals surface area (Å²) in [6.07, 6.45) is 7.88. The van der Waals surface area contributed by atoms with Crippen LogP contribution < -0.4 is 5.32 Å². The lowest BCUT2D eigenvalue weighted by atomic mass is 9.93. The van der Waals surface area contributed by atoms with Crippen molar-refractivity contribution in [1.29, 1.82) is 0 Å². The third-order valence-corrected chi connectivity index (χ3v) is 5.07. The third kappa shape index (κ3) is 3.26. The fourth-order valence-corrected chi connectivity index (χ4v) is 3.73. The smallest absolute Gasteiger partial charge is 0.248 e. The highest BCUT2D eigenvalue weighted by molar-refractivity contribution is 5.91. The van der Waals surface area contributed by atoms with E-state index in [2.05, 4.69) is 10.4 Å². The summed E-state index contributed by atoms with van der Waals surface area (Å²) in [4.78, 5) is 26.7. The highest BCUT2D eigenvalue weighted by Gasteiger charge is 2.51. The Morgan fingerprint density at radius 3 is 2.70 bits per heavy atom. The van der Waals surface area contributed by atoms with Crippen LogP contribution in [0.4, 0.5) is 0 Å². The lowest BCUT2D eigenvalue weighted by Gasteiger charge is -2.36. The zero-order valence-electron chi connectivity index (χ0n) is 14.2. The van der Waals surface area contributed by atoms with E-state index in [1.165, 1.54) is 6.92 Å². The van der Waals surface area contributed by atoms with E-state index in [-0.39, 0.29) is 23.8 Å². The van der Waals surface area contributed by atoms with Gasteiger partial charge in [-0.1, -0.05) is 0 Å². The summed E-state index contributed by atoms with van der Waals surface area (Å²) in [5, 5.41) is 7.27. The Bertz CT molecular complexity index is 607. The van der Waals surface area contributed by atoms with Crippen molar-refractivity contribution < 1.29 is 9.59 Å². The Morgan fingerprint density at radius 1 is 1.39 bits per heavy atom. The summed E-state index contributed by atoms with van der Waals surface area (Å²) in [5.41, 5.74) is 0.371. The number of aryl methyl sites for hydroxylation is 1. The number of carbonyl (C=O) groups excluding carboxylic acids is 2. The van der Waals surface area contributed by atoms with Crippen LogP contribution in [0.25, 0.3) is 0 Å². The quantitative estimate of drug-likeness (QED) is 0.894. The molecule has 1 N–H and O–H groups in total. The van der Waals surface area contributed by atoms with Crippen molar-refractivity contribution in [2.75, 3.05) is 6.54 Å². The molecule has 1 aliphatic heterocycles. The largest absolute Gasteiger partial charge is 0.342 e. The van der Waals surface area contributed by atoms with Gasteiger partial charge >= 0.3 is 0 Å². The first-order chi connectivity index (χ1) is 10.9. The molecule has 6 nitrogen and oxygen atoms in total. The Labute approximate surface area is 137 Å². The van der Waals surface area contributed by atoms with Gasteiger partial charge in [-0.15, -0.1) is 0 Å². The number of hydrogen-bond donors (Lipinski definition) is 1. The summed E-state index contributed by atoms with van der Waals surface area (Å²) in [6.45, 7) is 6.89. The molecular formula is C17H26N4O2. The van der Waals surface area contributed by atoms with Crippen molar-refractivity contribution in [3.8, 4) is 0 Å². The fourth-order valence-electron chi connectivity index (χ4n) is 3.73. The number of amides is 2. The van der Waals surface area contributed by atoms with Crippen LogP contribution in [0.5, 0.6) is 0 Å². The van der Waals surface area contributed by atoms with E-state index in [4.69, 9.17) is 0 Å². The Morgan fingerprint density at radius 2 is 2.13 bits per heavy atom. The van der Waals surface area contributed by atoms with Crippen LogP contribution >= 0.6 is 0 Å². The standard InChI is InChI=1S/C17H26N4O2/c1-12-9-18-20(10-12)11-15-5-4-8-21(15)16(23)17(3,14-6-7-14)19-13(2)22/h9-10,14-15H,4-8,11H2,1-3H3,(H,19,22)/t15-,17+/m0/s1. The predicted molar refractivity (Wildman–Crippen MR) is 86.6 cm³/mol. The third-order valence-electron chi connectivity index (χ3n) is 5.07. The summed E-state index contributed by atoms with van der Waals surface area (Å²) >= 11 is 0. The van der Waals surface area contributed by atoms with Gasteiger partial charge < -0.3 is 10.2 Å². The number of carbonyl (C=O) groups is 2. The highest BCUT2D eigenvalue weighted by atomic mass is 16.2. The average Bonchev–Trinajstić information content (AvgIpc) is 3.13. The zero-order chi connectivity index (χ0) is 16.6. The first-order valence-corrected chi connectivity index (χ1v) is 8.49. The van der Waals surface area contributed by atoms with Crippen molar-refractivity contribution >= 4 is 11.8 Å². The number of rotatable bonds is 5. The number of nitrogens with one attached hydrogen (secondary N) is 1. The number of aromatic nitrogens is 2. The molecule has 0 radical (unpaired) electrons. The Hall–Kier alpha value is -1.85. The SMILES string of the molecule is CC(=O)N[C@@](C)(C(=O)N1CCC[C@H]1Cn1cc(C)cn1)C1CC1. The molecule has 1 aliphatic carbocycles. The predicted octanol–water partition coefficient (Wildman–Crippen LogP) is 1.49. The van der Waals surface area contributed by atoms with E-state index in [0.717, 1.165) is 44.3 Å². The van der Waals surface area contributed by atoms with Crippen LogP contribution in [0.2, 0.25) is 0 Å². The van der Waals surface area contributed by atoms with Crippen molar-refractivity contribution in [3.63, 3.8) is 0 Å². The van der Waals surface area contributed by atoms with Gasteiger partial charge in [-0.05, 0) is 51.0 Å². The van der Waals surface area contributed by atoms with E-state index in [0.29, 0.717) is 0 Å². The zero-order valence-corrected chi connectivity index (χ0v) is 14.2. The molecule has 3 rings (SSSR count). The van der Waals surface area contributed by atoms with Gasteiger partial charge in [0.15, 0.2) is 0 Å². The summed E-state index contributed by atoms with van der Waals surface area (Å²) in [6, 6.07) is 0.161. The van der Waals surface area contributed by atoms with E-state index in [9.17, 15) is 9.59 Å². The summed E-state index contributed by atoms with van der Waals surface area (Å²) < 4.78 is 1.92. The second kappa shape index (κ2) is 5.98. The molecular weight excluding hydrogens is 292 g/mol. The molecule has 2 amide bonds. The molecule has 126 valence electrons. The van der Waals surface area contributed by atoms with Gasteiger partial charge in [-0.3, -0.25) is 14.3 Å². The van der Waals surface area contributed by atoms with Crippen molar-refractivity contribution in [1.82, 2.24) is 20.0 Å². The molecule has 6 heteroatoms. The Balaban J connectivity index is 1.75. The van der Waals surface area contributed by atoms with Crippen molar-refractivity contribution in [3.05, 3.63) is 18.0 Å². The fraction of sp³-hybridized carbons (Fsp3) is 0.706. The van der Waals surface area contributed by atoms with Crippen LogP contribution in [-0.2, 0) is 16.1 Å². The molecule has 2 atom stereocenters. The van der Waals surface area contributed by atoms with Crippen molar-refractivity contribution in [2.45, 2.75) is 64.6 Å². The maximum absolute atomic E-state index is 13.2. The second-order valence-electron chi connectivity index (χ2n) is 7.19. The van der Waals surface area contributed by atoms with Gasteiger partial charge in [-0.25, -0.2) is 0 Å². The van der Waals surface area contributed by atoms with E-state index >= 15 is 0 Å². The molecule has 0 bridgehead atoms. The first kappa shape index (κ1) is 16.0. The topological polar surface area (TPSA) is 67.2 Å². The molecule has 1 saturated heterocycles. The summed E-state index contributed by atoms with van der Waals surface area (Å²) in [7, 11) is 0. The molecule has 1 aromatic heterocycles. The van der Waals surface area contributed by atoms with Crippen molar-refractivity contribution in [2.24, 2.45) is 5.92 Å². The number of nitrogens with zero attached hydrogens (tertiary/aromatic N) is 3. The molecule has 2 fully saturated rings.